The Morgan fingerprint density at radius 3 is 2.67 bits per heavy atom. The van der Waals surface area contributed by atoms with Crippen molar-refractivity contribution in [2.45, 2.75) is 39.0 Å². The molecular weight excluding hydrogens is 348 g/mol. The van der Waals surface area contributed by atoms with Crippen molar-refractivity contribution in [1.29, 1.82) is 0 Å². The third-order valence-electron chi connectivity index (χ3n) is 4.76. The van der Waals surface area contributed by atoms with Gasteiger partial charge in [-0.15, -0.1) is 0 Å². The van der Waals surface area contributed by atoms with Crippen LogP contribution < -0.4 is 5.32 Å². The highest BCUT2D eigenvalue weighted by Crippen LogP contribution is 2.26. The van der Waals surface area contributed by atoms with Crippen LogP contribution in [0.1, 0.15) is 52.8 Å². The van der Waals surface area contributed by atoms with Crippen molar-refractivity contribution in [3.63, 3.8) is 0 Å². The van der Waals surface area contributed by atoms with E-state index in [0.717, 1.165) is 18.4 Å². The number of phenolic OH excluding ortho intramolecular Hbond substituents is 1. The molecule has 1 aliphatic rings. The minimum absolute atomic E-state index is 0.00332. The highest BCUT2D eigenvalue weighted by atomic mass is 16.5. The summed E-state index contributed by atoms with van der Waals surface area (Å²) in [6.07, 6.45) is 1.80. The zero-order valence-corrected chi connectivity index (χ0v) is 15.6. The molecule has 8 heteroatoms. The second kappa shape index (κ2) is 8.20. The van der Waals surface area contributed by atoms with Gasteiger partial charge < -0.3 is 19.8 Å². The van der Waals surface area contributed by atoms with Gasteiger partial charge in [0.2, 0.25) is 11.8 Å². The van der Waals surface area contributed by atoms with Crippen LogP contribution in [0.4, 0.5) is 0 Å². The van der Waals surface area contributed by atoms with Crippen LogP contribution in [0.25, 0.3) is 0 Å². The molecule has 1 fully saturated rings. The summed E-state index contributed by atoms with van der Waals surface area (Å²) in [5, 5.41) is 16.3. The van der Waals surface area contributed by atoms with E-state index in [1.807, 2.05) is 6.92 Å². The summed E-state index contributed by atoms with van der Waals surface area (Å²) in [7, 11) is 0. The third-order valence-corrected chi connectivity index (χ3v) is 4.76. The fourth-order valence-corrected chi connectivity index (χ4v) is 3.22. The molecule has 27 heavy (non-hydrogen) atoms. The molecule has 3 rings (SSSR count). The van der Waals surface area contributed by atoms with Crippen LogP contribution in [0, 0.1) is 13.8 Å². The van der Waals surface area contributed by atoms with E-state index in [4.69, 9.17) is 4.52 Å². The van der Waals surface area contributed by atoms with Gasteiger partial charge in [0.25, 0.3) is 5.91 Å². The zero-order valence-electron chi connectivity index (χ0n) is 15.6. The second-order valence-corrected chi connectivity index (χ2v) is 6.86. The number of nitrogens with one attached hydrogen (secondary N) is 1. The Kier molecular flexibility index (Phi) is 5.73. The Morgan fingerprint density at radius 1 is 1.30 bits per heavy atom. The smallest absolute Gasteiger partial charge is 0.255 e. The number of likely N-dealkylation sites (tertiary alicyclic amines) is 1. The number of carbonyl (C=O) groups excluding carboxylic acids is 2. The molecule has 0 atom stereocenters. The van der Waals surface area contributed by atoms with E-state index in [1.54, 1.807) is 24.0 Å². The van der Waals surface area contributed by atoms with Gasteiger partial charge in [0.15, 0.2) is 5.82 Å². The number of amides is 2. The summed E-state index contributed by atoms with van der Waals surface area (Å²) in [5.74, 6) is 1.02. The molecule has 0 bridgehead atoms. The van der Waals surface area contributed by atoms with Gasteiger partial charge in [-0.05, 0) is 44.4 Å². The van der Waals surface area contributed by atoms with Crippen molar-refractivity contribution in [1.82, 2.24) is 20.4 Å². The lowest BCUT2D eigenvalue weighted by atomic mass is 9.96. The molecule has 2 aromatic rings. The maximum absolute atomic E-state index is 12.3. The van der Waals surface area contributed by atoms with Gasteiger partial charge in [0.05, 0.1) is 5.56 Å². The van der Waals surface area contributed by atoms with Crippen molar-refractivity contribution in [2.75, 3.05) is 19.6 Å². The van der Waals surface area contributed by atoms with E-state index >= 15 is 0 Å². The molecule has 0 saturated carbocycles. The summed E-state index contributed by atoms with van der Waals surface area (Å²) >= 11 is 0. The topological polar surface area (TPSA) is 109 Å². The summed E-state index contributed by atoms with van der Waals surface area (Å²) < 4.78 is 5.22. The standard InChI is InChI=1S/C19H24N4O4/c1-12-3-4-15(16(24)11-12)18(26)20-8-5-17(25)23-9-6-14(7-10-23)19-21-13(2)22-27-19/h3-4,11,14,24H,5-10H2,1-2H3,(H,20,26). The fourth-order valence-electron chi connectivity index (χ4n) is 3.22. The quantitative estimate of drug-likeness (QED) is 0.830. The van der Waals surface area contributed by atoms with Crippen LogP contribution in [0.15, 0.2) is 22.7 Å². The maximum Gasteiger partial charge on any atom is 0.255 e. The number of nitrogens with zero attached hydrogens (tertiary/aromatic N) is 3. The molecule has 1 aromatic carbocycles. The number of hydrogen-bond donors (Lipinski definition) is 2. The molecule has 2 N–H and O–H groups in total. The van der Waals surface area contributed by atoms with Crippen molar-refractivity contribution in [2.24, 2.45) is 0 Å². The van der Waals surface area contributed by atoms with E-state index in [9.17, 15) is 14.7 Å². The molecule has 0 spiro atoms. The predicted molar refractivity (Wildman–Crippen MR) is 97.4 cm³/mol. The van der Waals surface area contributed by atoms with Crippen molar-refractivity contribution < 1.29 is 19.2 Å². The monoisotopic (exact) mass is 372 g/mol. The van der Waals surface area contributed by atoms with Gasteiger partial charge >= 0.3 is 0 Å². The molecule has 0 radical (unpaired) electrons. The molecule has 1 saturated heterocycles. The average Bonchev–Trinajstić information content (AvgIpc) is 3.08. The van der Waals surface area contributed by atoms with Gasteiger partial charge in [-0.2, -0.15) is 4.98 Å². The molecule has 1 aromatic heterocycles. The first kappa shape index (κ1) is 18.9. The predicted octanol–water partition coefficient (Wildman–Crippen LogP) is 1.92. The van der Waals surface area contributed by atoms with Crippen LogP contribution in [0.5, 0.6) is 5.75 Å². The van der Waals surface area contributed by atoms with Crippen LogP contribution in [0.3, 0.4) is 0 Å². The number of piperidine rings is 1. The van der Waals surface area contributed by atoms with E-state index < -0.39 is 0 Å². The fraction of sp³-hybridized carbons (Fsp3) is 0.474. The highest BCUT2D eigenvalue weighted by molar-refractivity contribution is 5.97. The number of carbonyl (C=O) groups is 2. The Balaban J connectivity index is 1.43. The van der Waals surface area contributed by atoms with Gasteiger partial charge in [0, 0.05) is 32.0 Å². The normalized spacial score (nSPS) is 15.0. The Hall–Kier alpha value is -2.90. The highest BCUT2D eigenvalue weighted by Gasteiger charge is 2.27. The lowest BCUT2D eigenvalue weighted by Gasteiger charge is -2.30. The number of phenols is 1. The number of aromatic hydroxyl groups is 1. The van der Waals surface area contributed by atoms with Crippen molar-refractivity contribution in [3.05, 3.63) is 41.0 Å². The van der Waals surface area contributed by atoms with Crippen LogP contribution in [0.2, 0.25) is 0 Å². The van der Waals surface area contributed by atoms with Gasteiger partial charge in [-0.1, -0.05) is 11.2 Å². The van der Waals surface area contributed by atoms with Crippen LogP contribution in [-0.4, -0.2) is 51.6 Å². The number of aryl methyl sites for hydroxylation is 2. The number of aromatic nitrogens is 2. The minimum Gasteiger partial charge on any atom is -0.507 e. The molecule has 144 valence electrons. The average molecular weight is 372 g/mol. The largest absolute Gasteiger partial charge is 0.507 e. The Bertz CT molecular complexity index is 825. The van der Waals surface area contributed by atoms with E-state index in [0.29, 0.717) is 24.8 Å². The first-order valence-electron chi connectivity index (χ1n) is 9.10. The van der Waals surface area contributed by atoms with Gasteiger partial charge in [0.1, 0.15) is 5.75 Å². The summed E-state index contributed by atoms with van der Waals surface area (Å²) in [5.41, 5.74) is 1.09. The molecule has 0 aliphatic carbocycles. The van der Waals surface area contributed by atoms with E-state index in [1.165, 1.54) is 6.07 Å². The number of rotatable bonds is 5. The SMILES string of the molecule is Cc1ccc(C(=O)NCCC(=O)N2CCC(c3nc(C)no3)CC2)c(O)c1. The number of hydrogen-bond acceptors (Lipinski definition) is 6. The summed E-state index contributed by atoms with van der Waals surface area (Å²) in [4.78, 5) is 30.5. The zero-order chi connectivity index (χ0) is 19.4. The van der Waals surface area contributed by atoms with Gasteiger partial charge in [-0.3, -0.25) is 9.59 Å². The molecular formula is C19H24N4O4. The van der Waals surface area contributed by atoms with Crippen molar-refractivity contribution in [3.8, 4) is 5.75 Å². The molecule has 2 heterocycles. The lowest BCUT2D eigenvalue weighted by molar-refractivity contribution is -0.132. The molecule has 8 nitrogen and oxygen atoms in total. The first-order chi connectivity index (χ1) is 12.9. The second-order valence-electron chi connectivity index (χ2n) is 6.86. The number of benzene rings is 1. The summed E-state index contributed by atoms with van der Waals surface area (Å²) in [6.45, 7) is 5.13. The Morgan fingerprint density at radius 2 is 2.04 bits per heavy atom. The Labute approximate surface area is 157 Å². The van der Waals surface area contributed by atoms with E-state index in [-0.39, 0.29) is 42.0 Å². The molecule has 0 unspecified atom stereocenters. The first-order valence-corrected chi connectivity index (χ1v) is 9.10. The van der Waals surface area contributed by atoms with Gasteiger partial charge in [-0.25, -0.2) is 0 Å². The van der Waals surface area contributed by atoms with Crippen molar-refractivity contribution >= 4 is 11.8 Å². The molecule has 1 aliphatic heterocycles. The summed E-state index contributed by atoms with van der Waals surface area (Å²) in [6, 6.07) is 4.87. The van der Waals surface area contributed by atoms with Crippen LogP contribution >= 0.6 is 0 Å². The third kappa shape index (κ3) is 4.64. The molecule has 2 amide bonds. The minimum atomic E-state index is -0.384. The lowest BCUT2D eigenvalue weighted by Crippen LogP contribution is -2.39. The maximum atomic E-state index is 12.3. The van der Waals surface area contributed by atoms with Crippen LogP contribution in [-0.2, 0) is 4.79 Å². The van der Waals surface area contributed by atoms with E-state index in [2.05, 4.69) is 15.5 Å².